The molecule has 1 aliphatic rings. The smallest absolute Gasteiger partial charge is 0.252 e. The molecule has 0 spiro atoms. The van der Waals surface area contributed by atoms with Crippen LogP contribution in [-0.2, 0) is 17.9 Å². The number of carbonyl (C=O) groups is 1. The summed E-state index contributed by atoms with van der Waals surface area (Å²) in [5.41, 5.74) is 4.06. The van der Waals surface area contributed by atoms with Gasteiger partial charge < -0.3 is 25.0 Å². The summed E-state index contributed by atoms with van der Waals surface area (Å²) in [6.45, 7) is 4.18. The van der Waals surface area contributed by atoms with E-state index in [2.05, 4.69) is 15.3 Å². The highest BCUT2D eigenvalue weighted by Crippen LogP contribution is 2.32. The number of allylic oxidation sites excluding steroid dienone is 2. The summed E-state index contributed by atoms with van der Waals surface area (Å²) in [6.07, 6.45) is 7.08. The van der Waals surface area contributed by atoms with Crippen LogP contribution in [0.1, 0.15) is 25.0 Å². The van der Waals surface area contributed by atoms with Crippen LogP contribution < -0.4 is 10.1 Å². The summed E-state index contributed by atoms with van der Waals surface area (Å²) in [6, 6.07) is 13.2. The second-order valence-electron chi connectivity index (χ2n) is 9.57. The minimum absolute atomic E-state index is 0.0396. The third-order valence-electron chi connectivity index (χ3n) is 6.31. The largest absolute Gasteiger partial charge is 0.491 e. The Labute approximate surface area is 224 Å². The Hall–Kier alpha value is -4.50. The third kappa shape index (κ3) is 5.83. The number of benzene rings is 2. The first-order chi connectivity index (χ1) is 18.8. The highest BCUT2D eigenvalue weighted by molar-refractivity contribution is 5.95. The predicted molar refractivity (Wildman–Crippen MR) is 144 cm³/mol. The van der Waals surface area contributed by atoms with Crippen LogP contribution in [0.15, 0.2) is 84.8 Å². The molecule has 200 valence electrons. The summed E-state index contributed by atoms with van der Waals surface area (Å²) >= 11 is 0. The van der Waals surface area contributed by atoms with Crippen molar-refractivity contribution in [1.29, 1.82) is 0 Å². The van der Waals surface area contributed by atoms with Crippen LogP contribution in [0.3, 0.4) is 0 Å². The van der Waals surface area contributed by atoms with Crippen LogP contribution in [0.25, 0.3) is 22.2 Å². The van der Waals surface area contributed by atoms with E-state index in [-0.39, 0.29) is 24.8 Å². The van der Waals surface area contributed by atoms with E-state index < -0.39 is 23.8 Å². The maximum atomic E-state index is 13.6. The maximum Gasteiger partial charge on any atom is 0.252 e. The number of aliphatic hydroxyl groups is 1. The number of aromatic nitrogens is 2. The number of fused-ring (bicyclic) bond motifs is 1. The van der Waals surface area contributed by atoms with Gasteiger partial charge in [-0.25, -0.2) is 13.8 Å². The normalized spacial score (nSPS) is 15.1. The monoisotopic (exact) mass is 530 g/mol. The van der Waals surface area contributed by atoms with Crippen molar-refractivity contribution in [3.8, 4) is 16.9 Å². The molecule has 1 aliphatic heterocycles. The molecule has 9 heteroatoms. The van der Waals surface area contributed by atoms with Gasteiger partial charge in [-0.15, -0.1) is 0 Å². The van der Waals surface area contributed by atoms with Crippen LogP contribution in [-0.4, -0.2) is 38.2 Å². The number of H-pyrrole nitrogens is 1. The molecule has 0 saturated heterocycles. The van der Waals surface area contributed by atoms with Crippen molar-refractivity contribution in [2.24, 2.45) is 0 Å². The molecule has 2 aromatic heterocycles. The van der Waals surface area contributed by atoms with Crippen molar-refractivity contribution in [1.82, 2.24) is 20.2 Å². The molecule has 1 atom stereocenters. The van der Waals surface area contributed by atoms with Gasteiger partial charge in [0.15, 0.2) is 17.9 Å². The quantitative estimate of drug-likeness (QED) is 0.292. The zero-order valence-electron chi connectivity index (χ0n) is 21.5. The second kappa shape index (κ2) is 11.1. The van der Waals surface area contributed by atoms with Crippen molar-refractivity contribution in [2.75, 3.05) is 0 Å². The molecular formula is C30H28F2N4O3. The lowest BCUT2D eigenvalue weighted by Crippen LogP contribution is -2.40. The number of aliphatic hydroxyl groups excluding tert-OH is 1. The number of nitrogens with one attached hydrogen (secondary N) is 2. The number of hydrogen-bond donors (Lipinski definition) is 3. The van der Waals surface area contributed by atoms with Crippen molar-refractivity contribution in [3.05, 3.63) is 108 Å². The average Bonchev–Trinajstić information content (AvgIpc) is 3.34. The Kier molecular flexibility index (Phi) is 7.42. The number of nitrogens with zero attached hydrogens (tertiary/aromatic N) is 2. The summed E-state index contributed by atoms with van der Waals surface area (Å²) < 4.78 is 32.9. The maximum absolute atomic E-state index is 13.6. The van der Waals surface area contributed by atoms with Crippen LogP contribution in [0.4, 0.5) is 8.78 Å². The minimum atomic E-state index is -1.26. The molecule has 0 aliphatic carbocycles. The Morgan fingerprint density at radius 3 is 2.79 bits per heavy atom. The second-order valence-corrected chi connectivity index (χ2v) is 9.57. The topological polar surface area (TPSA) is 90.5 Å². The molecule has 3 heterocycles. The molecule has 5 rings (SSSR count). The molecule has 0 fully saturated rings. The Morgan fingerprint density at radius 2 is 2.00 bits per heavy atom. The molecular weight excluding hydrogens is 502 g/mol. The van der Waals surface area contributed by atoms with Crippen LogP contribution in [0.5, 0.6) is 5.75 Å². The SMILES string of the molecule is CC(C)Oc1cc(CNC(=O)C2=CC=CN(Cc3ccc(F)c(F)c3)C2O)cc(-c2c[nH]c3ncccc23)c1. The van der Waals surface area contributed by atoms with Gasteiger partial charge in [-0.1, -0.05) is 6.07 Å². The molecule has 1 unspecified atom stereocenters. The van der Waals surface area contributed by atoms with Crippen molar-refractivity contribution >= 4 is 16.9 Å². The molecule has 3 N–H and O–H groups in total. The zero-order chi connectivity index (χ0) is 27.5. The third-order valence-corrected chi connectivity index (χ3v) is 6.31. The molecule has 39 heavy (non-hydrogen) atoms. The van der Waals surface area contributed by atoms with E-state index in [1.807, 2.05) is 50.4 Å². The first-order valence-electron chi connectivity index (χ1n) is 12.6. The number of ether oxygens (including phenoxy) is 1. The summed E-state index contributed by atoms with van der Waals surface area (Å²) in [4.78, 5) is 22.1. The number of pyridine rings is 1. The Balaban J connectivity index is 1.32. The van der Waals surface area contributed by atoms with Gasteiger partial charge in [0.2, 0.25) is 0 Å². The summed E-state index contributed by atoms with van der Waals surface area (Å²) in [5.74, 6) is -1.69. The summed E-state index contributed by atoms with van der Waals surface area (Å²) in [5, 5.41) is 14.7. The zero-order valence-corrected chi connectivity index (χ0v) is 21.5. The van der Waals surface area contributed by atoms with Crippen LogP contribution in [0, 0.1) is 11.6 Å². The predicted octanol–water partition coefficient (Wildman–Crippen LogP) is 5.19. The molecule has 1 amide bonds. The highest BCUT2D eigenvalue weighted by Gasteiger charge is 2.25. The molecule has 4 aromatic rings. The first-order valence-corrected chi connectivity index (χ1v) is 12.6. The minimum Gasteiger partial charge on any atom is -0.491 e. The lowest BCUT2D eigenvalue weighted by molar-refractivity contribution is -0.119. The van der Waals surface area contributed by atoms with Gasteiger partial charge in [-0.2, -0.15) is 0 Å². The van der Waals surface area contributed by atoms with Crippen molar-refractivity contribution in [3.63, 3.8) is 0 Å². The number of halogens is 2. The highest BCUT2D eigenvalue weighted by atomic mass is 19.2. The fourth-order valence-corrected chi connectivity index (χ4v) is 4.52. The van der Waals surface area contributed by atoms with Gasteiger partial charge in [0, 0.05) is 42.6 Å². The van der Waals surface area contributed by atoms with Gasteiger partial charge in [0.25, 0.3) is 5.91 Å². The van der Waals surface area contributed by atoms with Gasteiger partial charge in [0.1, 0.15) is 11.4 Å². The van der Waals surface area contributed by atoms with E-state index in [1.165, 1.54) is 17.0 Å². The van der Waals surface area contributed by atoms with Gasteiger partial charge in [0.05, 0.1) is 11.7 Å². The lowest BCUT2D eigenvalue weighted by atomic mass is 10.0. The van der Waals surface area contributed by atoms with E-state index in [0.29, 0.717) is 11.3 Å². The number of amides is 1. The van der Waals surface area contributed by atoms with E-state index in [4.69, 9.17) is 4.74 Å². The lowest BCUT2D eigenvalue weighted by Gasteiger charge is -2.30. The molecule has 0 radical (unpaired) electrons. The van der Waals surface area contributed by atoms with Gasteiger partial charge >= 0.3 is 0 Å². The number of rotatable bonds is 8. The van der Waals surface area contributed by atoms with E-state index in [0.717, 1.165) is 39.9 Å². The number of aromatic amines is 1. The fraction of sp³-hybridized carbons (Fsp3) is 0.200. The fourth-order valence-electron chi connectivity index (χ4n) is 4.52. The number of hydrogen-bond acceptors (Lipinski definition) is 5. The Bertz CT molecular complexity index is 1580. The van der Waals surface area contributed by atoms with Gasteiger partial charge in [-0.3, -0.25) is 4.79 Å². The molecule has 0 saturated carbocycles. The van der Waals surface area contributed by atoms with Gasteiger partial charge in [-0.05, 0) is 85.2 Å². The molecule has 0 bridgehead atoms. The van der Waals surface area contributed by atoms with Crippen LogP contribution >= 0.6 is 0 Å². The average molecular weight is 531 g/mol. The first kappa shape index (κ1) is 26.1. The van der Waals surface area contributed by atoms with Crippen molar-refractivity contribution in [2.45, 2.75) is 39.3 Å². The molecule has 7 nitrogen and oxygen atoms in total. The summed E-state index contributed by atoms with van der Waals surface area (Å²) in [7, 11) is 0. The van der Waals surface area contributed by atoms with E-state index in [1.54, 1.807) is 18.5 Å². The van der Waals surface area contributed by atoms with E-state index >= 15 is 0 Å². The Morgan fingerprint density at radius 1 is 1.15 bits per heavy atom. The molecule has 2 aromatic carbocycles. The van der Waals surface area contributed by atoms with Crippen molar-refractivity contribution < 1.29 is 23.4 Å². The standard InChI is InChI=1S/C30H28F2N4O3/c1-18(2)39-22-12-20(11-21(14-22)25-16-34-28-23(25)5-3-9-33-28)15-35-29(37)24-6-4-10-36(30(24)38)17-19-7-8-26(31)27(32)13-19/h3-14,16,18,30,38H,15,17H2,1-2H3,(H,33,34)(H,35,37). The van der Waals surface area contributed by atoms with E-state index in [9.17, 15) is 18.7 Å². The number of carbonyl (C=O) groups excluding carboxylic acids is 1. The van der Waals surface area contributed by atoms with Crippen LogP contribution in [0.2, 0.25) is 0 Å².